The van der Waals surface area contributed by atoms with Crippen LogP contribution in [0, 0.1) is 5.92 Å². The molecule has 0 saturated heterocycles. The molecule has 0 spiro atoms. The van der Waals surface area contributed by atoms with Crippen LogP contribution in [0.1, 0.15) is 26.7 Å². The largest absolute Gasteiger partial charge is 0.336 e. The molecule has 24 heavy (non-hydrogen) atoms. The van der Waals surface area contributed by atoms with E-state index in [-0.39, 0.29) is 17.0 Å². The number of hydrogen-bond donors (Lipinski definition) is 3. The Kier molecular flexibility index (Phi) is 7.65. The summed E-state index contributed by atoms with van der Waals surface area (Å²) in [5.74, 6) is 0.509. The molecule has 0 fully saturated rings. The molecule has 0 saturated carbocycles. The molecule has 0 aliphatic heterocycles. The van der Waals surface area contributed by atoms with Gasteiger partial charge in [0.25, 0.3) is 0 Å². The Labute approximate surface area is 144 Å². The van der Waals surface area contributed by atoms with E-state index in [0.717, 1.165) is 12.8 Å². The third-order valence-corrected chi connectivity index (χ3v) is 5.10. The summed E-state index contributed by atoms with van der Waals surface area (Å²) in [6.07, 6.45) is 2.11. The number of nitrogens with two attached hydrogens (primary N) is 1. The lowest BCUT2D eigenvalue weighted by Crippen LogP contribution is -2.45. The number of sulfonamides is 1. The molecule has 0 heterocycles. The molecule has 0 bridgehead atoms. The minimum absolute atomic E-state index is 0.00913. The molecule has 1 aromatic carbocycles. The molecule has 1 atom stereocenters. The van der Waals surface area contributed by atoms with Gasteiger partial charge < -0.3 is 15.5 Å². The molecule has 0 aliphatic carbocycles. The van der Waals surface area contributed by atoms with E-state index in [9.17, 15) is 13.2 Å². The van der Waals surface area contributed by atoms with Crippen LogP contribution in [0.2, 0.25) is 0 Å². The molecule has 1 aromatic rings. The average molecular weight is 356 g/mol. The topological polar surface area (TPSA) is 105 Å². The zero-order chi connectivity index (χ0) is 18.3. The Morgan fingerprint density at radius 3 is 2.12 bits per heavy atom. The lowest BCUT2D eigenvalue weighted by molar-refractivity contribution is 0.193. The molecule has 2 amide bonds. The third kappa shape index (κ3) is 6.10. The fraction of sp³-hybridized carbons (Fsp3) is 0.562. The van der Waals surface area contributed by atoms with Crippen molar-refractivity contribution in [3.05, 3.63) is 24.3 Å². The standard InChI is InChI=1S/C16H28N4O3S/c1-5-12(6-2)15(20(3)4)11-18-16(21)19-13-7-9-14(10-8-13)24(17,22)23/h7-10,12,15H,5-6,11H2,1-4H3,(H2,17,22,23)(H2,18,19,21)/t15-/m1/s1. The number of nitrogens with zero attached hydrogens (tertiary/aromatic N) is 1. The SMILES string of the molecule is CCC(CC)[C@@H](CNC(=O)Nc1ccc(S(N)(=O)=O)cc1)N(C)C. The predicted molar refractivity (Wildman–Crippen MR) is 96.4 cm³/mol. The Hall–Kier alpha value is -1.64. The second kappa shape index (κ2) is 9.00. The average Bonchev–Trinajstić information content (AvgIpc) is 2.50. The first-order chi connectivity index (χ1) is 11.2. The molecule has 7 nitrogen and oxygen atoms in total. The summed E-state index contributed by atoms with van der Waals surface area (Å²) in [5, 5.41) is 10.6. The van der Waals surface area contributed by atoms with Crippen molar-refractivity contribution in [2.75, 3.05) is 26.0 Å². The highest BCUT2D eigenvalue weighted by Crippen LogP contribution is 2.16. The lowest BCUT2D eigenvalue weighted by Gasteiger charge is -2.31. The number of rotatable bonds is 8. The summed E-state index contributed by atoms with van der Waals surface area (Å²) >= 11 is 0. The number of hydrogen-bond acceptors (Lipinski definition) is 4. The fourth-order valence-corrected chi connectivity index (χ4v) is 3.22. The van der Waals surface area contributed by atoms with Crippen LogP contribution >= 0.6 is 0 Å². The number of anilines is 1. The van der Waals surface area contributed by atoms with Gasteiger partial charge in [-0.25, -0.2) is 18.4 Å². The maximum Gasteiger partial charge on any atom is 0.319 e. The van der Waals surface area contributed by atoms with E-state index in [0.29, 0.717) is 18.2 Å². The van der Waals surface area contributed by atoms with E-state index >= 15 is 0 Å². The summed E-state index contributed by atoms with van der Waals surface area (Å²) in [4.78, 5) is 14.2. The van der Waals surface area contributed by atoms with Crippen molar-refractivity contribution in [3.63, 3.8) is 0 Å². The number of urea groups is 1. The van der Waals surface area contributed by atoms with Gasteiger partial charge in [0, 0.05) is 18.3 Å². The predicted octanol–water partition coefficient (Wildman–Crippen LogP) is 1.82. The van der Waals surface area contributed by atoms with Crippen molar-refractivity contribution in [2.45, 2.75) is 37.6 Å². The number of nitrogens with one attached hydrogen (secondary N) is 2. The van der Waals surface area contributed by atoms with Crippen molar-refractivity contribution in [1.82, 2.24) is 10.2 Å². The summed E-state index contributed by atoms with van der Waals surface area (Å²) < 4.78 is 22.4. The number of benzene rings is 1. The van der Waals surface area contributed by atoms with Gasteiger partial charge in [-0.1, -0.05) is 26.7 Å². The van der Waals surface area contributed by atoms with Gasteiger partial charge in [0.15, 0.2) is 0 Å². The van der Waals surface area contributed by atoms with Crippen LogP contribution in [0.4, 0.5) is 10.5 Å². The Balaban J connectivity index is 2.62. The van der Waals surface area contributed by atoms with Crippen LogP contribution in [0.5, 0.6) is 0 Å². The van der Waals surface area contributed by atoms with Crippen LogP contribution < -0.4 is 15.8 Å². The van der Waals surface area contributed by atoms with Gasteiger partial charge in [-0.3, -0.25) is 0 Å². The zero-order valence-corrected chi connectivity index (χ0v) is 15.6. The summed E-state index contributed by atoms with van der Waals surface area (Å²) in [6, 6.07) is 5.66. The molecule has 0 aliphatic rings. The van der Waals surface area contributed by atoms with E-state index in [1.165, 1.54) is 24.3 Å². The third-order valence-electron chi connectivity index (χ3n) is 4.17. The summed E-state index contributed by atoms with van der Waals surface area (Å²) in [7, 11) is 0.289. The Bertz CT molecular complexity index is 625. The summed E-state index contributed by atoms with van der Waals surface area (Å²) in [5.41, 5.74) is 0.504. The number of carbonyl (C=O) groups excluding carboxylic acids is 1. The lowest BCUT2D eigenvalue weighted by atomic mass is 9.93. The van der Waals surface area contributed by atoms with E-state index in [1.54, 1.807) is 0 Å². The minimum Gasteiger partial charge on any atom is -0.336 e. The van der Waals surface area contributed by atoms with E-state index in [2.05, 4.69) is 29.4 Å². The van der Waals surface area contributed by atoms with Crippen molar-refractivity contribution >= 4 is 21.7 Å². The second-order valence-electron chi connectivity index (χ2n) is 6.01. The molecule has 4 N–H and O–H groups in total. The van der Waals surface area contributed by atoms with Crippen LogP contribution in [-0.4, -0.2) is 46.0 Å². The molecule has 136 valence electrons. The van der Waals surface area contributed by atoms with Gasteiger partial charge in [-0.05, 0) is 44.3 Å². The van der Waals surface area contributed by atoms with Gasteiger partial charge >= 0.3 is 6.03 Å². The highest BCUT2D eigenvalue weighted by Gasteiger charge is 2.21. The normalized spacial score (nSPS) is 13.1. The molecule has 0 aromatic heterocycles. The number of carbonyl (C=O) groups is 1. The highest BCUT2D eigenvalue weighted by atomic mass is 32.2. The van der Waals surface area contributed by atoms with Crippen molar-refractivity contribution in [1.29, 1.82) is 0 Å². The summed E-state index contributed by atoms with van der Waals surface area (Å²) in [6.45, 7) is 4.84. The number of likely N-dealkylation sites (N-methyl/N-ethyl adjacent to an activating group) is 1. The maximum atomic E-state index is 12.0. The van der Waals surface area contributed by atoms with Gasteiger partial charge in [-0.15, -0.1) is 0 Å². The van der Waals surface area contributed by atoms with E-state index in [4.69, 9.17) is 5.14 Å². The number of amides is 2. The van der Waals surface area contributed by atoms with E-state index in [1.807, 2.05) is 14.1 Å². The maximum absolute atomic E-state index is 12.0. The van der Waals surface area contributed by atoms with E-state index < -0.39 is 10.0 Å². The second-order valence-corrected chi connectivity index (χ2v) is 7.57. The smallest absolute Gasteiger partial charge is 0.319 e. The Morgan fingerprint density at radius 2 is 1.71 bits per heavy atom. The van der Waals surface area contributed by atoms with Crippen molar-refractivity contribution in [3.8, 4) is 0 Å². The van der Waals surface area contributed by atoms with Crippen molar-refractivity contribution < 1.29 is 13.2 Å². The molecule has 8 heteroatoms. The van der Waals surface area contributed by atoms with Crippen LogP contribution in [-0.2, 0) is 10.0 Å². The molecule has 0 radical (unpaired) electrons. The van der Waals surface area contributed by atoms with Crippen LogP contribution in [0.15, 0.2) is 29.2 Å². The first kappa shape index (κ1) is 20.4. The molecular weight excluding hydrogens is 328 g/mol. The molecular formula is C16H28N4O3S. The van der Waals surface area contributed by atoms with Gasteiger partial charge in [0.05, 0.1) is 4.90 Å². The first-order valence-electron chi connectivity index (χ1n) is 8.03. The van der Waals surface area contributed by atoms with Gasteiger partial charge in [0.2, 0.25) is 10.0 Å². The highest BCUT2D eigenvalue weighted by molar-refractivity contribution is 7.89. The fourth-order valence-electron chi connectivity index (χ4n) is 2.70. The Morgan fingerprint density at radius 1 is 1.17 bits per heavy atom. The van der Waals surface area contributed by atoms with Crippen molar-refractivity contribution in [2.24, 2.45) is 11.1 Å². The van der Waals surface area contributed by atoms with Gasteiger partial charge in [0.1, 0.15) is 0 Å². The molecule has 0 unspecified atom stereocenters. The first-order valence-corrected chi connectivity index (χ1v) is 9.57. The molecule has 1 rings (SSSR count). The van der Waals surface area contributed by atoms with Gasteiger partial charge in [-0.2, -0.15) is 0 Å². The monoisotopic (exact) mass is 356 g/mol. The quantitative estimate of drug-likeness (QED) is 0.661. The number of primary sulfonamides is 1. The van der Waals surface area contributed by atoms with Crippen LogP contribution in [0.25, 0.3) is 0 Å². The minimum atomic E-state index is -3.73. The van der Waals surface area contributed by atoms with Crippen LogP contribution in [0.3, 0.4) is 0 Å². The zero-order valence-electron chi connectivity index (χ0n) is 14.7.